The monoisotopic (exact) mass is 338 g/mol. The molecule has 0 aliphatic carbocycles. The first-order chi connectivity index (χ1) is 11.0. The molecule has 0 atom stereocenters. The van der Waals surface area contributed by atoms with E-state index in [1.54, 1.807) is 6.07 Å². The lowest BCUT2D eigenvalue weighted by molar-refractivity contribution is 0.144. The minimum atomic E-state index is -0.0436. The van der Waals surface area contributed by atoms with Crippen LogP contribution in [0.4, 0.5) is 10.5 Å². The van der Waals surface area contributed by atoms with Crippen LogP contribution in [0.3, 0.4) is 0 Å². The molecule has 5 nitrogen and oxygen atoms in total. The van der Waals surface area contributed by atoms with E-state index in [1.165, 1.54) is 6.42 Å². The standard InChI is InChI=1S/C17H27ClN4O/c1-14-5-6-15(13-16(14)18)19-17(23)22-11-9-21(10-12-22)8-4-7-20(2)3/h5-6,13H,4,7-12H2,1-3H3,(H,19,23). The Morgan fingerprint density at radius 3 is 2.57 bits per heavy atom. The molecule has 1 heterocycles. The third kappa shape index (κ3) is 5.68. The molecule has 0 bridgehead atoms. The predicted molar refractivity (Wildman–Crippen MR) is 96.4 cm³/mol. The molecular formula is C17H27ClN4O. The van der Waals surface area contributed by atoms with Gasteiger partial charge in [-0.05, 0) is 58.2 Å². The van der Waals surface area contributed by atoms with E-state index in [2.05, 4.69) is 29.2 Å². The van der Waals surface area contributed by atoms with Crippen LogP contribution in [-0.2, 0) is 0 Å². The highest BCUT2D eigenvalue weighted by Crippen LogP contribution is 2.20. The van der Waals surface area contributed by atoms with Gasteiger partial charge in [0.1, 0.15) is 0 Å². The summed E-state index contributed by atoms with van der Waals surface area (Å²) >= 11 is 6.10. The van der Waals surface area contributed by atoms with E-state index >= 15 is 0 Å². The molecule has 1 aromatic rings. The Labute approximate surface area is 144 Å². The van der Waals surface area contributed by atoms with Crippen LogP contribution in [0.25, 0.3) is 0 Å². The number of hydrogen-bond acceptors (Lipinski definition) is 3. The van der Waals surface area contributed by atoms with Gasteiger partial charge in [-0.2, -0.15) is 0 Å². The quantitative estimate of drug-likeness (QED) is 0.897. The zero-order valence-electron chi connectivity index (χ0n) is 14.3. The van der Waals surface area contributed by atoms with Crippen molar-refractivity contribution < 1.29 is 4.79 Å². The first-order valence-electron chi connectivity index (χ1n) is 8.15. The number of carbonyl (C=O) groups excluding carboxylic acids is 1. The Bertz CT molecular complexity index is 527. The number of urea groups is 1. The molecule has 2 rings (SSSR count). The molecule has 0 saturated carbocycles. The van der Waals surface area contributed by atoms with E-state index in [9.17, 15) is 4.79 Å². The molecule has 0 unspecified atom stereocenters. The van der Waals surface area contributed by atoms with Gasteiger partial charge in [0, 0.05) is 36.9 Å². The van der Waals surface area contributed by atoms with Crippen LogP contribution in [0.15, 0.2) is 18.2 Å². The summed E-state index contributed by atoms with van der Waals surface area (Å²) in [6.07, 6.45) is 1.17. The van der Waals surface area contributed by atoms with Crippen molar-refractivity contribution in [2.24, 2.45) is 0 Å². The molecule has 0 radical (unpaired) electrons. The third-order valence-corrected chi connectivity index (χ3v) is 4.57. The van der Waals surface area contributed by atoms with Crippen LogP contribution < -0.4 is 5.32 Å². The van der Waals surface area contributed by atoms with Gasteiger partial charge >= 0.3 is 6.03 Å². The molecule has 0 spiro atoms. The SMILES string of the molecule is Cc1ccc(NC(=O)N2CCN(CCCN(C)C)CC2)cc1Cl. The van der Waals surface area contributed by atoms with Crippen molar-refractivity contribution in [2.75, 3.05) is 58.7 Å². The summed E-state index contributed by atoms with van der Waals surface area (Å²) < 4.78 is 0. The van der Waals surface area contributed by atoms with Gasteiger partial charge in [-0.15, -0.1) is 0 Å². The highest BCUT2D eigenvalue weighted by molar-refractivity contribution is 6.31. The summed E-state index contributed by atoms with van der Waals surface area (Å²) in [7, 11) is 4.19. The number of aryl methyl sites for hydroxylation is 1. The summed E-state index contributed by atoms with van der Waals surface area (Å²) in [5.74, 6) is 0. The Hall–Kier alpha value is -1.30. The smallest absolute Gasteiger partial charge is 0.321 e. The van der Waals surface area contributed by atoms with Gasteiger partial charge in [0.2, 0.25) is 0 Å². The lowest BCUT2D eigenvalue weighted by Gasteiger charge is -2.34. The number of nitrogens with one attached hydrogen (secondary N) is 1. The van der Waals surface area contributed by atoms with Crippen molar-refractivity contribution in [1.82, 2.24) is 14.7 Å². The molecule has 1 aliphatic rings. The summed E-state index contributed by atoms with van der Waals surface area (Å²) in [5.41, 5.74) is 1.76. The fourth-order valence-electron chi connectivity index (χ4n) is 2.66. The van der Waals surface area contributed by atoms with Crippen molar-refractivity contribution in [3.63, 3.8) is 0 Å². The number of nitrogens with zero attached hydrogens (tertiary/aromatic N) is 3. The molecule has 23 heavy (non-hydrogen) atoms. The molecule has 1 aromatic carbocycles. The van der Waals surface area contributed by atoms with Crippen molar-refractivity contribution in [3.8, 4) is 0 Å². The van der Waals surface area contributed by atoms with Crippen LogP contribution in [0.5, 0.6) is 0 Å². The lowest BCUT2D eigenvalue weighted by atomic mass is 10.2. The van der Waals surface area contributed by atoms with Crippen LogP contribution in [-0.4, -0.2) is 74.1 Å². The van der Waals surface area contributed by atoms with E-state index in [0.717, 1.165) is 50.5 Å². The Morgan fingerprint density at radius 2 is 1.96 bits per heavy atom. The number of piperazine rings is 1. The zero-order chi connectivity index (χ0) is 16.8. The lowest BCUT2D eigenvalue weighted by Crippen LogP contribution is -2.50. The van der Waals surface area contributed by atoms with Gasteiger partial charge in [0.25, 0.3) is 0 Å². The maximum Gasteiger partial charge on any atom is 0.321 e. The molecule has 1 fully saturated rings. The number of amides is 2. The number of anilines is 1. The van der Waals surface area contributed by atoms with Gasteiger partial charge < -0.3 is 15.1 Å². The summed E-state index contributed by atoms with van der Waals surface area (Å²) in [5, 5.41) is 3.60. The van der Waals surface area contributed by atoms with Gasteiger partial charge in [0.15, 0.2) is 0 Å². The summed E-state index contributed by atoms with van der Waals surface area (Å²) in [4.78, 5) is 18.8. The first kappa shape index (κ1) is 18.0. The second kappa shape index (κ2) is 8.52. The highest BCUT2D eigenvalue weighted by Gasteiger charge is 2.20. The van der Waals surface area contributed by atoms with Crippen LogP contribution in [0, 0.1) is 6.92 Å². The van der Waals surface area contributed by atoms with E-state index in [4.69, 9.17) is 11.6 Å². The van der Waals surface area contributed by atoms with Gasteiger partial charge in [-0.3, -0.25) is 4.90 Å². The second-order valence-corrected chi connectivity index (χ2v) is 6.79. The average Bonchev–Trinajstić information content (AvgIpc) is 2.51. The summed E-state index contributed by atoms with van der Waals surface area (Å²) in [6.45, 7) is 7.57. The van der Waals surface area contributed by atoms with Crippen LogP contribution >= 0.6 is 11.6 Å². The zero-order valence-corrected chi connectivity index (χ0v) is 15.1. The minimum Gasteiger partial charge on any atom is -0.322 e. The second-order valence-electron chi connectivity index (χ2n) is 6.38. The maximum atomic E-state index is 12.3. The Morgan fingerprint density at radius 1 is 1.26 bits per heavy atom. The molecule has 1 saturated heterocycles. The van der Waals surface area contributed by atoms with Crippen LogP contribution in [0.1, 0.15) is 12.0 Å². The normalized spacial score (nSPS) is 16.0. The first-order valence-corrected chi connectivity index (χ1v) is 8.52. The molecule has 1 N–H and O–H groups in total. The van der Waals surface area contributed by atoms with Gasteiger partial charge in [0.05, 0.1) is 0 Å². The molecule has 2 amide bonds. The fraction of sp³-hybridized carbons (Fsp3) is 0.588. The fourth-order valence-corrected chi connectivity index (χ4v) is 2.84. The number of halogens is 1. The summed E-state index contributed by atoms with van der Waals surface area (Å²) in [6, 6.07) is 5.56. The minimum absolute atomic E-state index is 0.0436. The van der Waals surface area contributed by atoms with E-state index in [1.807, 2.05) is 24.0 Å². The molecule has 128 valence electrons. The number of hydrogen-bond donors (Lipinski definition) is 1. The van der Waals surface area contributed by atoms with Crippen molar-refractivity contribution in [2.45, 2.75) is 13.3 Å². The third-order valence-electron chi connectivity index (χ3n) is 4.16. The predicted octanol–water partition coefficient (Wildman–Crippen LogP) is 2.75. The number of carbonyl (C=O) groups is 1. The largest absolute Gasteiger partial charge is 0.322 e. The highest BCUT2D eigenvalue weighted by atomic mass is 35.5. The number of rotatable bonds is 5. The van der Waals surface area contributed by atoms with E-state index in [0.29, 0.717) is 5.02 Å². The van der Waals surface area contributed by atoms with Crippen LogP contribution in [0.2, 0.25) is 5.02 Å². The van der Waals surface area contributed by atoms with Gasteiger partial charge in [-0.25, -0.2) is 4.79 Å². The molecular weight excluding hydrogens is 312 g/mol. The number of benzene rings is 1. The van der Waals surface area contributed by atoms with Crippen molar-refractivity contribution >= 4 is 23.3 Å². The topological polar surface area (TPSA) is 38.8 Å². The Kier molecular flexibility index (Phi) is 6.69. The van der Waals surface area contributed by atoms with E-state index < -0.39 is 0 Å². The average molecular weight is 339 g/mol. The van der Waals surface area contributed by atoms with Crippen molar-refractivity contribution in [3.05, 3.63) is 28.8 Å². The molecule has 0 aromatic heterocycles. The molecule has 6 heteroatoms. The molecule has 1 aliphatic heterocycles. The maximum absolute atomic E-state index is 12.3. The van der Waals surface area contributed by atoms with Gasteiger partial charge in [-0.1, -0.05) is 17.7 Å². The van der Waals surface area contributed by atoms with Crippen molar-refractivity contribution in [1.29, 1.82) is 0 Å². The van der Waals surface area contributed by atoms with E-state index in [-0.39, 0.29) is 6.03 Å². The Balaban J connectivity index is 1.76.